The van der Waals surface area contributed by atoms with Crippen molar-refractivity contribution in [3.05, 3.63) is 28.8 Å². The van der Waals surface area contributed by atoms with E-state index in [4.69, 9.17) is 11.6 Å². The molecule has 20 heavy (non-hydrogen) atoms. The highest BCUT2D eigenvalue weighted by Crippen LogP contribution is 2.28. The van der Waals surface area contributed by atoms with Gasteiger partial charge >= 0.3 is 0 Å². The van der Waals surface area contributed by atoms with Crippen LogP contribution in [0, 0.1) is 0 Å². The molecule has 1 aromatic rings. The Morgan fingerprint density at radius 3 is 2.65 bits per heavy atom. The van der Waals surface area contributed by atoms with Crippen LogP contribution in [0.5, 0.6) is 0 Å². The van der Waals surface area contributed by atoms with Gasteiger partial charge in [0.25, 0.3) is 5.91 Å². The van der Waals surface area contributed by atoms with Crippen molar-refractivity contribution in [3.8, 4) is 0 Å². The van der Waals surface area contributed by atoms with Gasteiger partial charge < -0.3 is 14.7 Å². The third-order valence-corrected chi connectivity index (χ3v) is 4.09. The number of hydrogen-bond donors (Lipinski definition) is 0. The maximum atomic E-state index is 12.5. The summed E-state index contributed by atoms with van der Waals surface area (Å²) in [5, 5.41) is 0.607. The summed E-state index contributed by atoms with van der Waals surface area (Å²) in [6.07, 6.45) is 0. The number of anilines is 1. The molecule has 1 heterocycles. The molecule has 0 unspecified atom stereocenters. The summed E-state index contributed by atoms with van der Waals surface area (Å²) < 4.78 is 0. The first-order valence-corrected chi connectivity index (χ1v) is 7.47. The summed E-state index contributed by atoms with van der Waals surface area (Å²) in [5.74, 6) is 0.0766. The zero-order chi connectivity index (χ0) is 14.7. The molecule has 5 heteroatoms. The van der Waals surface area contributed by atoms with Gasteiger partial charge in [-0.3, -0.25) is 4.79 Å². The highest BCUT2D eigenvalue weighted by molar-refractivity contribution is 6.31. The summed E-state index contributed by atoms with van der Waals surface area (Å²) in [5.41, 5.74) is 1.66. The Balaban J connectivity index is 2.13. The van der Waals surface area contributed by atoms with E-state index in [0.29, 0.717) is 17.3 Å². The Morgan fingerprint density at radius 1 is 1.30 bits per heavy atom. The van der Waals surface area contributed by atoms with Gasteiger partial charge in [0.05, 0.1) is 17.9 Å². The summed E-state index contributed by atoms with van der Waals surface area (Å²) in [4.78, 5) is 18.8. The molecule has 0 bridgehead atoms. The molecule has 1 amide bonds. The van der Waals surface area contributed by atoms with Gasteiger partial charge in [-0.25, -0.2) is 0 Å². The fourth-order valence-electron chi connectivity index (χ4n) is 2.55. The number of likely N-dealkylation sites (N-methyl/N-ethyl adjacent to an activating group) is 1. The van der Waals surface area contributed by atoms with Crippen molar-refractivity contribution in [1.82, 2.24) is 9.80 Å². The molecule has 0 saturated carbocycles. The Kier molecular flexibility index (Phi) is 4.89. The number of carbonyl (C=O) groups excluding carboxylic acids is 1. The van der Waals surface area contributed by atoms with Gasteiger partial charge in [-0.15, -0.1) is 0 Å². The van der Waals surface area contributed by atoms with Crippen LogP contribution < -0.4 is 4.90 Å². The van der Waals surface area contributed by atoms with E-state index >= 15 is 0 Å². The smallest absolute Gasteiger partial charge is 0.257 e. The van der Waals surface area contributed by atoms with Crippen LogP contribution in [0.3, 0.4) is 0 Å². The molecule has 0 radical (unpaired) electrons. The third kappa shape index (κ3) is 3.07. The number of rotatable bonds is 5. The minimum atomic E-state index is 0.0766. The summed E-state index contributed by atoms with van der Waals surface area (Å²) in [7, 11) is 2.00. The first-order valence-electron chi connectivity index (χ1n) is 7.09. The largest absolute Gasteiger partial charge is 0.356 e. The second-order valence-corrected chi connectivity index (χ2v) is 5.53. The lowest BCUT2D eigenvalue weighted by molar-refractivity contribution is 0.0725. The molecule has 0 atom stereocenters. The van der Waals surface area contributed by atoms with Crippen LogP contribution in [-0.2, 0) is 0 Å². The first-order chi connectivity index (χ1) is 9.56. The highest BCUT2D eigenvalue weighted by atomic mass is 35.5. The van der Waals surface area contributed by atoms with Crippen LogP contribution in [-0.4, -0.2) is 55.6 Å². The minimum Gasteiger partial charge on any atom is -0.356 e. The van der Waals surface area contributed by atoms with E-state index in [1.165, 1.54) is 0 Å². The monoisotopic (exact) mass is 295 g/mol. The summed E-state index contributed by atoms with van der Waals surface area (Å²) in [6.45, 7) is 8.59. The highest BCUT2D eigenvalue weighted by Gasteiger charge is 2.27. The maximum Gasteiger partial charge on any atom is 0.257 e. The van der Waals surface area contributed by atoms with E-state index in [1.54, 1.807) is 6.07 Å². The van der Waals surface area contributed by atoms with Crippen LogP contribution in [0.15, 0.2) is 18.2 Å². The molecule has 0 spiro atoms. The van der Waals surface area contributed by atoms with Gasteiger partial charge in [0, 0.05) is 25.2 Å². The van der Waals surface area contributed by atoms with E-state index < -0.39 is 0 Å². The molecule has 0 aromatic heterocycles. The lowest BCUT2D eigenvalue weighted by Crippen LogP contribution is -2.47. The lowest BCUT2D eigenvalue weighted by Gasteiger charge is -2.36. The minimum absolute atomic E-state index is 0.0766. The molecule has 1 aromatic carbocycles. The molecule has 110 valence electrons. The zero-order valence-electron chi connectivity index (χ0n) is 12.4. The lowest BCUT2D eigenvalue weighted by atomic mass is 10.1. The molecular formula is C15H22ClN3O. The number of hydrogen-bond acceptors (Lipinski definition) is 3. The van der Waals surface area contributed by atoms with E-state index in [-0.39, 0.29) is 5.91 Å². The number of nitrogens with zero attached hydrogens (tertiary/aromatic N) is 3. The number of fused-ring (bicyclic) bond motifs is 1. The van der Waals surface area contributed by atoms with Crippen LogP contribution in [0.25, 0.3) is 0 Å². The van der Waals surface area contributed by atoms with Crippen LogP contribution in [0.1, 0.15) is 24.2 Å². The normalized spacial score (nSPS) is 14.9. The predicted molar refractivity (Wildman–Crippen MR) is 83.5 cm³/mol. The van der Waals surface area contributed by atoms with Crippen molar-refractivity contribution in [2.75, 3.05) is 44.8 Å². The average molecular weight is 296 g/mol. The average Bonchev–Trinajstić information content (AvgIpc) is 2.44. The van der Waals surface area contributed by atoms with Crippen LogP contribution in [0.2, 0.25) is 5.02 Å². The Labute approximate surface area is 125 Å². The zero-order valence-corrected chi connectivity index (χ0v) is 13.2. The molecule has 1 aliphatic rings. The van der Waals surface area contributed by atoms with E-state index in [1.807, 2.05) is 24.1 Å². The third-order valence-electron chi connectivity index (χ3n) is 3.85. The van der Waals surface area contributed by atoms with Gasteiger partial charge in [0.2, 0.25) is 0 Å². The Morgan fingerprint density at radius 2 is 2.00 bits per heavy atom. The molecule has 4 nitrogen and oxygen atoms in total. The quantitative estimate of drug-likeness (QED) is 0.835. The van der Waals surface area contributed by atoms with Crippen LogP contribution in [0.4, 0.5) is 5.69 Å². The van der Waals surface area contributed by atoms with Crippen molar-refractivity contribution < 1.29 is 4.79 Å². The molecule has 1 aliphatic heterocycles. The fourth-order valence-corrected chi connectivity index (χ4v) is 2.73. The van der Waals surface area contributed by atoms with E-state index in [0.717, 1.165) is 31.9 Å². The van der Waals surface area contributed by atoms with Crippen molar-refractivity contribution in [2.45, 2.75) is 13.8 Å². The van der Waals surface area contributed by atoms with Gasteiger partial charge in [-0.1, -0.05) is 25.4 Å². The molecular weight excluding hydrogens is 274 g/mol. The number of carbonyl (C=O) groups is 1. The number of amides is 1. The van der Waals surface area contributed by atoms with E-state index in [2.05, 4.69) is 23.6 Å². The first kappa shape index (κ1) is 15.1. The topological polar surface area (TPSA) is 26.8 Å². The second-order valence-electron chi connectivity index (χ2n) is 5.10. The van der Waals surface area contributed by atoms with Crippen molar-refractivity contribution in [3.63, 3.8) is 0 Å². The van der Waals surface area contributed by atoms with Crippen LogP contribution >= 0.6 is 11.6 Å². The predicted octanol–water partition coefficient (Wildman–Crippen LogP) is 2.53. The second kappa shape index (κ2) is 6.46. The standard InChI is InChI=1S/C15H22ClN3O/c1-4-18(5-2)8-9-19-11-17(3)14-7-6-12(16)10-13(14)15(19)20/h6-7,10H,4-5,8-9,11H2,1-3H3. The molecule has 0 aliphatic carbocycles. The van der Waals surface area contributed by atoms with Gasteiger partial charge in [-0.05, 0) is 31.3 Å². The number of benzene rings is 1. The van der Waals surface area contributed by atoms with Gasteiger partial charge in [0.1, 0.15) is 0 Å². The SMILES string of the molecule is CCN(CC)CCN1CN(C)c2ccc(Cl)cc2C1=O. The molecule has 2 rings (SSSR count). The fraction of sp³-hybridized carbons (Fsp3) is 0.533. The summed E-state index contributed by atoms with van der Waals surface area (Å²) >= 11 is 6.01. The van der Waals surface area contributed by atoms with Gasteiger partial charge in [-0.2, -0.15) is 0 Å². The van der Waals surface area contributed by atoms with Crippen molar-refractivity contribution in [2.24, 2.45) is 0 Å². The van der Waals surface area contributed by atoms with Gasteiger partial charge in [0.15, 0.2) is 0 Å². The van der Waals surface area contributed by atoms with E-state index in [9.17, 15) is 4.79 Å². The molecule has 0 N–H and O–H groups in total. The Bertz CT molecular complexity index is 488. The molecule has 0 saturated heterocycles. The molecule has 0 fully saturated rings. The van der Waals surface area contributed by atoms with Crippen molar-refractivity contribution in [1.29, 1.82) is 0 Å². The maximum absolute atomic E-state index is 12.5. The number of halogens is 1. The van der Waals surface area contributed by atoms with Crippen molar-refractivity contribution >= 4 is 23.2 Å². The summed E-state index contributed by atoms with van der Waals surface area (Å²) in [6, 6.07) is 5.51. The Hall–Kier alpha value is -1.26.